The lowest BCUT2D eigenvalue weighted by molar-refractivity contribution is 0.0948. The summed E-state index contributed by atoms with van der Waals surface area (Å²) in [6, 6.07) is 4.48. The SMILES string of the molecule is O=C(NCC1CCCC1Br)c1ccc(O)c(Cl)c1. The maximum absolute atomic E-state index is 11.9. The third-order valence-corrected chi connectivity index (χ3v) is 4.81. The fourth-order valence-electron chi connectivity index (χ4n) is 2.20. The first-order valence-electron chi connectivity index (χ1n) is 5.98. The van der Waals surface area contributed by atoms with Crippen LogP contribution in [0.5, 0.6) is 5.75 Å². The van der Waals surface area contributed by atoms with Gasteiger partial charge in [-0.25, -0.2) is 0 Å². The highest BCUT2D eigenvalue weighted by Crippen LogP contribution is 2.31. The van der Waals surface area contributed by atoms with E-state index in [1.807, 2.05) is 0 Å². The van der Waals surface area contributed by atoms with Crippen molar-refractivity contribution in [2.75, 3.05) is 6.54 Å². The minimum absolute atomic E-state index is 0.00969. The van der Waals surface area contributed by atoms with Gasteiger partial charge in [-0.2, -0.15) is 0 Å². The molecule has 3 nitrogen and oxygen atoms in total. The fourth-order valence-corrected chi connectivity index (χ4v) is 3.15. The molecule has 0 aromatic heterocycles. The Bertz CT molecular complexity index is 453. The van der Waals surface area contributed by atoms with Crippen LogP contribution in [0.4, 0.5) is 0 Å². The molecule has 18 heavy (non-hydrogen) atoms. The molecular weight excluding hydrogens is 318 g/mol. The van der Waals surface area contributed by atoms with Crippen molar-refractivity contribution in [2.24, 2.45) is 5.92 Å². The van der Waals surface area contributed by atoms with Crippen LogP contribution in [0.3, 0.4) is 0 Å². The number of hydrogen-bond donors (Lipinski definition) is 2. The minimum Gasteiger partial charge on any atom is -0.506 e. The Hall–Kier alpha value is -0.740. The summed E-state index contributed by atoms with van der Waals surface area (Å²) in [5, 5.41) is 12.4. The van der Waals surface area contributed by atoms with Crippen molar-refractivity contribution in [3.05, 3.63) is 28.8 Å². The van der Waals surface area contributed by atoms with Crippen LogP contribution in [0.15, 0.2) is 18.2 Å². The highest BCUT2D eigenvalue weighted by atomic mass is 79.9. The highest BCUT2D eigenvalue weighted by molar-refractivity contribution is 9.09. The van der Waals surface area contributed by atoms with E-state index in [4.69, 9.17) is 11.6 Å². The normalized spacial score (nSPS) is 23.0. The molecule has 0 heterocycles. The number of hydrogen-bond acceptors (Lipinski definition) is 2. The number of carbonyl (C=O) groups excluding carboxylic acids is 1. The number of nitrogens with one attached hydrogen (secondary N) is 1. The molecule has 98 valence electrons. The molecular formula is C13H15BrClNO2. The second-order valence-corrected chi connectivity index (χ2v) is 6.17. The Kier molecular flexibility index (Phi) is 4.51. The first-order chi connectivity index (χ1) is 8.58. The van der Waals surface area contributed by atoms with Gasteiger partial charge in [-0.1, -0.05) is 34.0 Å². The van der Waals surface area contributed by atoms with Gasteiger partial charge in [0.15, 0.2) is 0 Å². The second-order valence-electron chi connectivity index (χ2n) is 4.58. The molecule has 2 N–H and O–H groups in total. The third-order valence-electron chi connectivity index (χ3n) is 3.30. The Labute approximate surface area is 120 Å². The molecule has 2 unspecified atom stereocenters. The van der Waals surface area contributed by atoms with Gasteiger partial charge in [-0.15, -0.1) is 0 Å². The minimum atomic E-state index is -0.150. The topological polar surface area (TPSA) is 49.3 Å². The number of amides is 1. The molecule has 1 aliphatic rings. The van der Waals surface area contributed by atoms with Gasteiger partial charge in [0.25, 0.3) is 5.91 Å². The molecule has 0 radical (unpaired) electrons. The zero-order valence-corrected chi connectivity index (χ0v) is 12.2. The van der Waals surface area contributed by atoms with Crippen LogP contribution in [0.1, 0.15) is 29.6 Å². The third kappa shape index (κ3) is 3.18. The summed E-state index contributed by atoms with van der Waals surface area (Å²) >= 11 is 9.40. The van der Waals surface area contributed by atoms with E-state index in [9.17, 15) is 9.90 Å². The molecule has 5 heteroatoms. The van der Waals surface area contributed by atoms with Crippen LogP contribution >= 0.6 is 27.5 Å². The van der Waals surface area contributed by atoms with Gasteiger partial charge < -0.3 is 10.4 Å². The molecule has 0 bridgehead atoms. The standard InChI is InChI=1S/C13H15BrClNO2/c14-10-3-1-2-9(10)7-16-13(18)8-4-5-12(17)11(15)6-8/h4-6,9-10,17H,1-3,7H2,(H,16,18). The molecule has 0 aliphatic heterocycles. The maximum atomic E-state index is 11.9. The van der Waals surface area contributed by atoms with E-state index in [0.29, 0.717) is 22.9 Å². The van der Waals surface area contributed by atoms with Crippen molar-refractivity contribution in [2.45, 2.75) is 24.1 Å². The van der Waals surface area contributed by atoms with Crippen LogP contribution in [-0.2, 0) is 0 Å². The fraction of sp³-hybridized carbons (Fsp3) is 0.462. The lowest BCUT2D eigenvalue weighted by atomic mass is 10.1. The molecule has 1 aromatic carbocycles. The summed E-state index contributed by atoms with van der Waals surface area (Å²) in [5.41, 5.74) is 0.474. The Morgan fingerprint density at radius 3 is 2.89 bits per heavy atom. The van der Waals surface area contributed by atoms with Gasteiger partial charge in [0.2, 0.25) is 0 Å². The summed E-state index contributed by atoms with van der Waals surface area (Å²) in [7, 11) is 0. The van der Waals surface area contributed by atoms with E-state index in [-0.39, 0.29) is 16.7 Å². The average molecular weight is 333 g/mol. The number of carbonyl (C=O) groups is 1. The van der Waals surface area contributed by atoms with E-state index in [0.717, 1.165) is 6.42 Å². The molecule has 1 amide bonds. The highest BCUT2D eigenvalue weighted by Gasteiger charge is 2.25. The second kappa shape index (κ2) is 5.93. The lowest BCUT2D eigenvalue weighted by Crippen LogP contribution is -2.30. The predicted molar refractivity (Wildman–Crippen MR) is 75.5 cm³/mol. The number of rotatable bonds is 3. The number of alkyl halides is 1. The van der Waals surface area contributed by atoms with Crippen molar-refractivity contribution in [3.63, 3.8) is 0 Å². The van der Waals surface area contributed by atoms with Crippen molar-refractivity contribution >= 4 is 33.4 Å². The molecule has 1 fully saturated rings. The largest absolute Gasteiger partial charge is 0.506 e. The number of phenolic OH excluding ortho intramolecular Hbond substituents is 1. The van der Waals surface area contributed by atoms with Crippen LogP contribution < -0.4 is 5.32 Å². The quantitative estimate of drug-likeness (QED) is 0.834. The van der Waals surface area contributed by atoms with E-state index in [1.54, 1.807) is 6.07 Å². The number of benzene rings is 1. The Balaban J connectivity index is 1.93. The van der Waals surface area contributed by atoms with Gasteiger partial charge in [-0.3, -0.25) is 4.79 Å². The van der Waals surface area contributed by atoms with Gasteiger partial charge in [-0.05, 0) is 37.0 Å². The summed E-state index contributed by atoms with van der Waals surface area (Å²) < 4.78 is 0. The summed E-state index contributed by atoms with van der Waals surface area (Å²) in [4.78, 5) is 12.4. The number of aromatic hydroxyl groups is 1. The molecule has 1 aromatic rings. The van der Waals surface area contributed by atoms with Gasteiger partial charge in [0.1, 0.15) is 5.75 Å². The van der Waals surface area contributed by atoms with E-state index in [2.05, 4.69) is 21.2 Å². The zero-order chi connectivity index (χ0) is 13.1. The first-order valence-corrected chi connectivity index (χ1v) is 7.28. The Morgan fingerprint density at radius 1 is 1.50 bits per heavy atom. The van der Waals surface area contributed by atoms with Crippen LogP contribution in [0.2, 0.25) is 5.02 Å². The molecule has 2 atom stereocenters. The average Bonchev–Trinajstić information content (AvgIpc) is 2.75. The van der Waals surface area contributed by atoms with Crippen LogP contribution in [0.25, 0.3) is 0 Å². The smallest absolute Gasteiger partial charge is 0.251 e. The van der Waals surface area contributed by atoms with Crippen molar-refractivity contribution in [3.8, 4) is 5.75 Å². The summed E-state index contributed by atoms with van der Waals surface area (Å²) in [6.45, 7) is 0.674. The maximum Gasteiger partial charge on any atom is 0.251 e. The van der Waals surface area contributed by atoms with Crippen molar-refractivity contribution < 1.29 is 9.90 Å². The zero-order valence-electron chi connectivity index (χ0n) is 9.83. The van der Waals surface area contributed by atoms with Crippen molar-refractivity contribution in [1.29, 1.82) is 0 Å². The van der Waals surface area contributed by atoms with E-state index in [1.165, 1.54) is 25.0 Å². The van der Waals surface area contributed by atoms with Crippen molar-refractivity contribution in [1.82, 2.24) is 5.32 Å². The van der Waals surface area contributed by atoms with Gasteiger partial charge >= 0.3 is 0 Å². The predicted octanol–water partition coefficient (Wildman–Crippen LogP) is 3.34. The number of halogens is 2. The summed E-state index contributed by atoms with van der Waals surface area (Å²) in [6.07, 6.45) is 3.53. The Morgan fingerprint density at radius 2 is 2.28 bits per heavy atom. The molecule has 1 saturated carbocycles. The monoisotopic (exact) mass is 331 g/mol. The van der Waals surface area contributed by atoms with E-state index < -0.39 is 0 Å². The molecule has 2 rings (SSSR count). The van der Waals surface area contributed by atoms with E-state index >= 15 is 0 Å². The molecule has 1 aliphatic carbocycles. The first kappa shape index (κ1) is 13.7. The summed E-state index contributed by atoms with van der Waals surface area (Å²) in [5.74, 6) is 0.342. The molecule has 0 spiro atoms. The number of phenols is 1. The van der Waals surface area contributed by atoms with Crippen LogP contribution in [-0.4, -0.2) is 22.4 Å². The molecule has 0 saturated heterocycles. The lowest BCUT2D eigenvalue weighted by Gasteiger charge is -2.14. The van der Waals surface area contributed by atoms with Crippen LogP contribution in [0, 0.1) is 5.92 Å². The van der Waals surface area contributed by atoms with Gasteiger partial charge in [0, 0.05) is 16.9 Å². The van der Waals surface area contributed by atoms with Gasteiger partial charge in [0.05, 0.1) is 5.02 Å².